The topological polar surface area (TPSA) is 31.4 Å². The summed E-state index contributed by atoms with van der Waals surface area (Å²) < 4.78 is 12.3. The number of aryl methyl sites for hydroxylation is 1. The zero-order valence-electron chi connectivity index (χ0n) is 12.5. The molecule has 21 heavy (non-hydrogen) atoms. The van der Waals surface area contributed by atoms with Crippen LogP contribution in [0, 0.1) is 6.92 Å². The van der Waals surface area contributed by atoms with Gasteiger partial charge in [-0.3, -0.25) is 4.98 Å². The Morgan fingerprint density at radius 2 is 1.95 bits per heavy atom. The first-order valence-corrected chi connectivity index (χ1v) is 7.92. The summed E-state index contributed by atoms with van der Waals surface area (Å²) in [7, 11) is 0. The van der Waals surface area contributed by atoms with Gasteiger partial charge >= 0.3 is 0 Å². The van der Waals surface area contributed by atoms with Gasteiger partial charge in [0.05, 0.1) is 12.3 Å². The second-order valence-corrected chi connectivity index (χ2v) is 6.35. The number of ether oxygens (including phenoxy) is 2. The van der Waals surface area contributed by atoms with E-state index in [9.17, 15) is 0 Å². The highest BCUT2D eigenvalue weighted by Gasteiger charge is 2.43. The lowest BCUT2D eigenvalue weighted by Gasteiger charge is -2.31. The number of nitrogens with zero attached hydrogens (tertiary/aromatic N) is 1. The van der Waals surface area contributed by atoms with Crippen molar-refractivity contribution in [3.05, 3.63) is 41.7 Å². The lowest BCUT2D eigenvalue weighted by atomic mass is 9.94. The number of fused-ring (bicyclic) bond motifs is 1. The Balaban J connectivity index is 1.62. The zero-order valence-corrected chi connectivity index (χ0v) is 12.5. The summed E-state index contributed by atoms with van der Waals surface area (Å²) >= 11 is 0. The van der Waals surface area contributed by atoms with E-state index >= 15 is 0 Å². The van der Waals surface area contributed by atoms with Gasteiger partial charge in [0.1, 0.15) is 6.10 Å². The van der Waals surface area contributed by atoms with Gasteiger partial charge in [-0.25, -0.2) is 0 Å². The molecule has 1 aromatic heterocycles. The van der Waals surface area contributed by atoms with Crippen LogP contribution in [0.15, 0.2) is 30.5 Å². The predicted molar refractivity (Wildman–Crippen MR) is 82.1 cm³/mol. The zero-order chi connectivity index (χ0) is 14.3. The molecule has 3 heteroatoms. The van der Waals surface area contributed by atoms with E-state index in [2.05, 4.69) is 36.2 Å². The minimum atomic E-state index is -0.327. The Morgan fingerprint density at radius 1 is 1.10 bits per heavy atom. The van der Waals surface area contributed by atoms with Gasteiger partial charge in [0.25, 0.3) is 0 Å². The van der Waals surface area contributed by atoms with Crippen LogP contribution >= 0.6 is 0 Å². The first-order chi connectivity index (χ1) is 10.2. The van der Waals surface area contributed by atoms with Crippen LogP contribution in [0.1, 0.15) is 49.5 Å². The summed E-state index contributed by atoms with van der Waals surface area (Å²) in [6.07, 6.45) is 7.68. The van der Waals surface area contributed by atoms with Gasteiger partial charge < -0.3 is 9.47 Å². The summed E-state index contributed by atoms with van der Waals surface area (Å²) in [5, 5.41) is 2.41. The maximum Gasteiger partial charge on any atom is 0.169 e. The van der Waals surface area contributed by atoms with Crippen molar-refractivity contribution >= 4 is 10.8 Å². The highest BCUT2D eigenvalue weighted by Crippen LogP contribution is 2.42. The molecule has 2 aliphatic rings. The third-order valence-corrected chi connectivity index (χ3v) is 4.70. The molecule has 110 valence electrons. The maximum absolute atomic E-state index is 6.27. The second kappa shape index (κ2) is 5.08. The van der Waals surface area contributed by atoms with Gasteiger partial charge in [-0.1, -0.05) is 30.2 Å². The Bertz CT molecular complexity index is 661. The standard InChI is InChI=1S/C18H21NO2/c1-13-5-6-14-11-19-16(10-15(14)9-13)17-12-20-18(21-17)7-3-2-4-8-18/h5-6,9-11,17H,2-4,7-8,12H2,1H3. The summed E-state index contributed by atoms with van der Waals surface area (Å²) in [5.74, 6) is -0.327. The fraction of sp³-hybridized carbons (Fsp3) is 0.500. The maximum atomic E-state index is 6.27. The molecule has 0 bridgehead atoms. The molecule has 2 fully saturated rings. The normalized spacial score (nSPS) is 24.7. The highest BCUT2D eigenvalue weighted by molar-refractivity contribution is 5.82. The molecule has 0 N–H and O–H groups in total. The Kier molecular flexibility index (Phi) is 3.20. The first-order valence-electron chi connectivity index (χ1n) is 7.92. The molecule has 1 spiro atoms. The summed E-state index contributed by atoms with van der Waals surface area (Å²) in [6, 6.07) is 8.59. The van der Waals surface area contributed by atoms with Crippen LogP contribution in [0.4, 0.5) is 0 Å². The smallest absolute Gasteiger partial charge is 0.169 e. The third-order valence-electron chi connectivity index (χ3n) is 4.70. The quantitative estimate of drug-likeness (QED) is 0.782. The molecule has 1 aliphatic carbocycles. The van der Waals surface area contributed by atoms with Gasteiger partial charge in [0.15, 0.2) is 5.79 Å². The van der Waals surface area contributed by atoms with Crippen molar-refractivity contribution in [2.45, 2.75) is 50.9 Å². The molecule has 1 unspecified atom stereocenters. The van der Waals surface area contributed by atoms with E-state index in [0.29, 0.717) is 6.61 Å². The van der Waals surface area contributed by atoms with Crippen LogP contribution in [-0.2, 0) is 9.47 Å². The molecule has 1 aromatic carbocycles. The predicted octanol–water partition coefficient (Wildman–Crippen LogP) is 4.29. The van der Waals surface area contributed by atoms with E-state index in [4.69, 9.17) is 9.47 Å². The van der Waals surface area contributed by atoms with Crippen molar-refractivity contribution in [1.29, 1.82) is 0 Å². The van der Waals surface area contributed by atoms with Crippen LogP contribution < -0.4 is 0 Å². The van der Waals surface area contributed by atoms with Crippen molar-refractivity contribution in [2.24, 2.45) is 0 Å². The van der Waals surface area contributed by atoms with Crippen LogP contribution in [0.3, 0.4) is 0 Å². The average Bonchev–Trinajstić information content (AvgIpc) is 2.91. The first kappa shape index (κ1) is 13.2. The van der Waals surface area contributed by atoms with E-state index < -0.39 is 0 Å². The number of hydrogen-bond donors (Lipinski definition) is 0. The van der Waals surface area contributed by atoms with Crippen molar-refractivity contribution in [2.75, 3.05) is 6.61 Å². The Hall–Kier alpha value is -1.45. The van der Waals surface area contributed by atoms with Gasteiger partial charge in [0, 0.05) is 24.4 Å². The van der Waals surface area contributed by atoms with E-state index in [-0.39, 0.29) is 11.9 Å². The highest BCUT2D eigenvalue weighted by atomic mass is 16.7. The number of aromatic nitrogens is 1. The van der Waals surface area contributed by atoms with Crippen molar-refractivity contribution in [1.82, 2.24) is 4.98 Å². The molecule has 0 amide bonds. The van der Waals surface area contributed by atoms with Crippen LogP contribution in [0.5, 0.6) is 0 Å². The van der Waals surface area contributed by atoms with Gasteiger partial charge in [-0.05, 0) is 31.2 Å². The molecular weight excluding hydrogens is 262 g/mol. The SMILES string of the molecule is Cc1ccc2cnc(C3COC4(CCCCC4)O3)cc2c1. The number of pyridine rings is 1. The number of benzene rings is 1. The number of rotatable bonds is 1. The fourth-order valence-electron chi connectivity index (χ4n) is 3.51. The Labute approximate surface area is 125 Å². The van der Waals surface area contributed by atoms with Gasteiger partial charge in [-0.2, -0.15) is 0 Å². The van der Waals surface area contributed by atoms with Crippen LogP contribution in [0.2, 0.25) is 0 Å². The molecule has 2 heterocycles. The second-order valence-electron chi connectivity index (χ2n) is 6.35. The summed E-state index contributed by atoms with van der Waals surface area (Å²) in [4.78, 5) is 4.59. The van der Waals surface area contributed by atoms with Crippen LogP contribution in [-0.4, -0.2) is 17.4 Å². The van der Waals surface area contributed by atoms with E-state index in [0.717, 1.165) is 18.5 Å². The third kappa shape index (κ3) is 2.45. The summed E-state index contributed by atoms with van der Waals surface area (Å²) in [5.41, 5.74) is 2.27. The lowest BCUT2D eigenvalue weighted by Crippen LogP contribution is -2.32. The van der Waals surface area contributed by atoms with Crippen molar-refractivity contribution in [3.8, 4) is 0 Å². The average molecular weight is 283 g/mol. The minimum absolute atomic E-state index is 0.0204. The molecule has 0 radical (unpaired) electrons. The molecule has 1 atom stereocenters. The minimum Gasteiger partial charge on any atom is -0.347 e. The molecular formula is C18H21NO2. The molecule has 2 aromatic rings. The monoisotopic (exact) mass is 283 g/mol. The molecule has 4 rings (SSSR count). The molecule has 1 aliphatic heterocycles. The Morgan fingerprint density at radius 3 is 2.81 bits per heavy atom. The van der Waals surface area contributed by atoms with Gasteiger partial charge in [-0.15, -0.1) is 0 Å². The van der Waals surface area contributed by atoms with Gasteiger partial charge in [0.2, 0.25) is 0 Å². The number of hydrogen-bond acceptors (Lipinski definition) is 3. The van der Waals surface area contributed by atoms with E-state index in [1.807, 2.05) is 6.20 Å². The van der Waals surface area contributed by atoms with E-state index in [1.54, 1.807) is 0 Å². The molecule has 1 saturated carbocycles. The van der Waals surface area contributed by atoms with E-state index in [1.165, 1.54) is 35.6 Å². The molecule has 3 nitrogen and oxygen atoms in total. The van der Waals surface area contributed by atoms with Crippen molar-refractivity contribution < 1.29 is 9.47 Å². The summed E-state index contributed by atoms with van der Waals surface area (Å²) in [6.45, 7) is 2.75. The largest absolute Gasteiger partial charge is 0.347 e. The molecule has 1 saturated heterocycles. The fourth-order valence-corrected chi connectivity index (χ4v) is 3.51. The van der Waals surface area contributed by atoms with Crippen molar-refractivity contribution in [3.63, 3.8) is 0 Å². The lowest BCUT2D eigenvalue weighted by molar-refractivity contribution is -0.188. The van der Waals surface area contributed by atoms with Crippen LogP contribution in [0.25, 0.3) is 10.8 Å².